The van der Waals surface area contributed by atoms with E-state index < -0.39 is 10.0 Å². The van der Waals surface area contributed by atoms with Gasteiger partial charge in [-0.25, -0.2) is 12.7 Å². The van der Waals surface area contributed by atoms with Gasteiger partial charge in [-0.05, 0) is 44.6 Å². The van der Waals surface area contributed by atoms with E-state index in [0.717, 1.165) is 25.3 Å². The molecule has 20 heavy (non-hydrogen) atoms. The summed E-state index contributed by atoms with van der Waals surface area (Å²) in [6, 6.07) is 0.639. The minimum absolute atomic E-state index is 0.223. The molecule has 0 aromatic carbocycles. The molecule has 0 unspecified atom stereocenters. The van der Waals surface area contributed by atoms with Gasteiger partial charge in [-0.15, -0.1) is 0 Å². The number of hydrogen-bond donors (Lipinski definition) is 1. The van der Waals surface area contributed by atoms with Crippen LogP contribution < -0.4 is 5.32 Å². The minimum atomic E-state index is -3.09. The number of nitrogens with zero attached hydrogens (tertiary/aromatic N) is 1. The first-order valence-electron chi connectivity index (χ1n) is 8.06. The zero-order chi connectivity index (χ0) is 15.2. The van der Waals surface area contributed by atoms with Gasteiger partial charge in [0.1, 0.15) is 0 Å². The van der Waals surface area contributed by atoms with Gasteiger partial charge < -0.3 is 5.32 Å². The Morgan fingerprint density at radius 2 is 1.80 bits per heavy atom. The summed E-state index contributed by atoms with van der Waals surface area (Å²) >= 11 is 0. The summed E-state index contributed by atoms with van der Waals surface area (Å²) < 4.78 is 26.3. The molecule has 1 N–H and O–H groups in total. The molecule has 0 bridgehead atoms. The van der Waals surface area contributed by atoms with E-state index in [9.17, 15) is 8.42 Å². The van der Waals surface area contributed by atoms with Crippen LogP contribution >= 0.6 is 0 Å². The Balaban J connectivity index is 2.38. The van der Waals surface area contributed by atoms with Crippen molar-refractivity contribution in [2.24, 2.45) is 5.92 Å². The van der Waals surface area contributed by atoms with E-state index in [4.69, 9.17) is 0 Å². The predicted octanol–water partition coefficient (Wildman–Crippen LogP) is 2.60. The summed E-state index contributed by atoms with van der Waals surface area (Å²) in [6.07, 6.45) is 6.32. The fourth-order valence-electron chi connectivity index (χ4n) is 2.93. The van der Waals surface area contributed by atoms with Gasteiger partial charge in [0.2, 0.25) is 10.0 Å². The molecule has 1 aliphatic carbocycles. The highest BCUT2D eigenvalue weighted by molar-refractivity contribution is 7.89. The molecule has 1 rings (SSSR count). The van der Waals surface area contributed by atoms with Gasteiger partial charge in [-0.1, -0.05) is 27.2 Å². The molecule has 4 nitrogen and oxygen atoms in total. The van der Waals surface area contributed by atoms with E-state index in [1.165, 1.54) is 19.3 Å². The molecule has 0 radical (unpaired) electrons. The molecule has 1 aliphatic rings. The molecule has 0 amide bonds. The average molecular weight is 305 g/mol. The quantitative estimate of drug-likeness (QED) is 0.701. The number of nitrogens with one attached hydrogen (secondary N) is 1. The summed E-state index contributed by atoms with van der Waals surface area (Å²) in [7, 11) is -1.32. The van der Waals surface area contributed by atoms with E-state index in [-0.39, 0.29) is 11.8 Å². The van der Waals surface area contributed by atoms with Gasteiger partial charge in [-0.3, -0.25) is 0 Å². The lowest BCUT2D eigenvalue weighted by atomic mass is 9.85. The van der Waals surface area contributed by atoms with Crippen LogP contribution in [0.5, 0.6) is 0 Å². The lowest BCUT2D eigenvalue weighted by Gasteiger charge is -2.33. The SMILES string of the molecule is CCC1CCC(N(C)S(=O)(=O)CCCNC(C)C)CC1. The molecule has 0 atom stereocenters. The van der Waals surface area contributed by atoms with E-state index in [0.29, 0.717) is 12.5 Å². The van der Waals surface area contributed by atoms with Gasteiger partial charge >= 0.3 is 0 Å². The summed E-state index contributed by atoms with van der Waals surface area (Å²) in [5.41, 5.74) is 0. The summed E-state index contributed by atoms with van der Waals surface area (Å²) in [6.45, 7) is 7.15. The Hall–Kier alpha value is -0.130. The Morgan fingerprint density at radius 1 is 1.20 bits per heavy atom. The van der Waals surface area contributed by atoms with Crippen LogP contribution in [0.3, 0.4) is 0 Å². The topological polar surface area (TPSA) is 49.4 Å². The first kappa shape index (κ1) is 17.9. The molecule has 5 heteroatoms. The molecule has 1 saturated carbocycles. The van der Waals surface area contributed by atoms with Crippen LogP contribution in [0.2, 0.25) is 0 Å². The molecule has 0 heterocycles. The highest BCUT2D eigenvalue weighted by atomic mass is 32.2. The van der Waals surface area contributed by atoms with Crippen molar-refractivity contribution in [1.29, 1.82) is 0 Å². The van der Waals surface area contributed by atoms with Gasteiger partial charge in [0.05, 0.1) is 5.75 Å². The third-order valence-electron chi connectivity index (χ3n) is 4.48. The Morgan fingerprint density at radius 3 is 2.30 bits per heavy atom. The lowest BCUT2D eigenvalue weighted by molar-refractivity contribution is 0.233. The summed E-state index contributed by atoms with van der Waals surface area (Å²) in [5, 5.41) is 3.27. The molecule has 0 aromatic heterocycles. The smallest absolute Gasteiger partial charge is 0.214 e. The second kappa shape index (κ2) is 8.35. The molecule has 1 fully saturated rings. The fourth-order valence-corrected chi connectivity index (χ4v) is 4.40. The number of hydrogen-bond acceptors (Lipinski definition) is 3. The highest BCUT2D eigenvalue weighted by Gasteiger charge is 2.29. The van der Waals surface area contributed by atoms with E-state index in [1.807, 2.05) is 0 Å². The van der Waals surface area contributed by atoms with Crippen LogP contribution in [-0.4, -0.2) is 44.2 Å². The second-order valence-corrected chi connectivity index (χ2v) is 8.53. The molecular formula is C15H32N2O2S. The molecule has 0 saturated heterocycles. The van der Waals surface area contributed by atoms with Crippen molar-refractivity contribution in [3.8, 4) is 0 Å². The second-order valence-electron chi connectivity index (χ2n) is 6.38. The maximum absolute atomic E-state index is 12.3. The fraction of sp³-hybridized carbons (Fsp3) is 1.00. The van der Waals surface area contributed by atoms with Crippen molar-refractivity contribution in [1.82, 2.24) is 9.62 Å². The van der Waals surface area contributed by atoms with Crippen LogP contribution in [0, 0.1) is 5.92 Å². The summed E-state index contributed by atoms with van der Waals surface area (Å²) in [5.74, 6) is 1.06. The Labute approximate surface area is 125 Å². The third kappa shape index (κ3) is 5.70. The first-order chi connectivity index (χ1) is 9.36. The minimum Gasteiger partial charge on any atom is -0.314 e. The van der Waals surface area contributed by atoms with Crippen LogP contribution in [0.1, 0.15) is 59.3 Å². The van der Waals surface area contributed by atoms with Crippen molar-refractivity contribution < 1.29 is 8.42 Å². The summed E-state index contributed by atoms with van der Waals surface area (Å²) in [4.78, 5) is 0. The standard InChI is InChI=1S/C15H32N2O2S/c1-5-14-7-9-15(10-8-14)17(4)20(18,19)12-6-11-16-13(2)3/h13-16H,5-12H2,1-4H3. The zero-order valence-corrected chi connectivity index (χ0v) is 14.4. The zero-order valence-electron chi connectivity index (χ0n) is 13.6. The molecule has 0 spiro atoms. The molecular weight excluding hydrogens is 272 g/mol. The van der Waals surface area contributed by atoms with Crippen molar-refractivity contribution in [2.45, 2.75) is 71.4 Å². The normalized spacial score (nSPS) is 24.5. The van der Waals surface area contributed by atoms with Gasteiger partial charge in [0, 0.05) is 19.1 Å². The van der Waals surface area contributed by atoms with Crippen LogP contribution in [0.15, 0.2) is 0 Å². The highest BCUT2D eigenvalue weighted by Crippen LogP contribution is 2.30. The van der Waals surface area contributed by atoms with Gasteiger partial charge in [-0.2, -0.15) is 0 Å². The number of sulfonamides is 1. The first-order valence-corrected chi connectivity index (χ1v) is 9.66. The van der Waals surface area contributed by atoms with E-state index in [1.54, 1.807) is 11.4 Å². The van der Waals surface area contributed by atoms with Crippen LogP contribution in [-0.2, 0) is 10.0 Å². The van der Waals surface area contributed by atoms with Crippen molar-refractivity contribution in [3.05, 3.63) is 0 Å². The molecule has 0 aliphatic heterocycles. The van der Waals surface area contributed by atoms with Crippen molar-refractivity contribution in [3.63, 3.8) is 0 Å². The van der Waals surface area contributed by atoms with Crippen molar-refractivity contribution in [2.75, 3.05) is 19.3 Å². The Bertz CT molecular complexity index is 360. The van der Waals surface area contributed by atoms with Crippen LogP contribution in [0.4, 0.5) is 0 Å². The predicted molar refractivity (Wildman–Crippen MR) is 85.3 cm³/mol. The number of rotatable bonds is 8. The van der Waals surface area contributed by atoms with Gasteiger partial charge in [0.15, 0.2) is 0 Å². The van der Waals surface area contributed by atoms with E-state index in [2.05, 4.69) is 26.1 Å². The third-order valence-corrected chi connectivity index (χ3v) is 6.46. The monoisotopic (exact) mass is 304 g/mol. The Kier molecular flexibility index (Phi) is 7.48. The van der Waals surface area contributed by atoms with Crippen molar-refractivity contribution >= 4 is 10.0 Å². The lowest BCUT2D eigenvalue weighted by Crippen LogP contribution is -2.41. The molecule has 0 aromatic rings. The maximum Gasteiger partial charge on any atom is 0.214 e. The largest absolute Gasteiger partial charge is 0.314 e. The van der Waals surface area contributed by atoms with Crippen LogP contribution in [0.25, 0.3) is 0 Å². The average Bonchev–Trinajstić information content (AvgIpc) is 2.43. The maximum atomic E-state index is 12.3. The molecule has 120 valence electrons. The van der Waals surface area contributed by atoms with E-state index >= 15 is 0 Å². The van der Waals surface area contributed by atoms with Gasteiger partial charge in [0.25, 0.3) is 0 Å².